The van der Waals surface area contributed by atoms with Crippen LogP contribution in [-0.4, -0.2) is 9.91 Å². The van der Waals surface area contributed by atoms with Gasteiger partial charge in [-0.2, -0.15) is 0 Å². The van der Waals surface area contributed by atoms with E-state index < -0.39 is 28.4 Å². The predicted octanol–water partition coefficient (Wildman–Crippen LogP) is 2.11. The molecule has 0 fully saturated rings. The van der Waals surface area contributed by atoms with Gasteiger partial charge in [-0.15, -0.1) is 0 Å². The molecule has 0 aromatic carbocycles. The molecule has 0 amide bonds. The molecule has 1 aromatic rings. The number of pyridine rings is 1. The summed E-state index contributed by atoms with van der Waals surface area (Å²) < 4.78 is 24.8. The number of aromatic nitrogens is 1. The zero-order valence-corrected chi connectivity index (χ0v) is 8.73. The second kappa shape index (κ2) is 3.98. The molecular formula is C6H4F2IN3O2. The highest BCUT2D eigenvalue weighted by Crippen LogP contribution is 2.35. The monoisotopic (exact) mass is 315 g/mol. The van der Waals surface area contributed by atoms with Crippen molar-refractivity contribution < 1.29 is 13.7 Å². The number of nitrogens with zero attached hydrogens (tertiary/aromatic N) is 2. The molecule has 0 unspecified atom stereocenters. The van der Waals surface area contributed by atoms with E-state index in [0.29, 0.717) is 0 Å². The van der Waals surface area contributed by atoms with Crippen molar-refractivity contribution in [3.8, 4) is 0 Å². The van der Waals surface area contributed by atoms with E-state index >= 15 is 0 Å². The van der Waals surface area contributed by atoms with Crippen LogP contribution >= 0.6 is 22.6 Å². The van der Waals surface area contributed by atoms with Gasteiger partial charge in [0.15, 0.2) is 0 Å². The third-order valence-electron chi connectivity index (χ3n) is 1.48. The Hall–Kier alpha value is -1.06. The third kappa shape index (κ3) is 1.89. The Bertz CT molecular complexity index is 386. The minimum absolute atomic E-state index is 0.0390. The van der Waals surface area contributed by atoms with Gasteiger partial charge in [-0.25, -0.2) is 13.8 Å². The van der Waals surface area contributed by atoms with Crippen LogP contribution in [0.25, 0.3) is 0 Å². The summed E-state index contributed by atoms with van der Waals surface area (Å²) in [5.41, 5.74) is 3.64. The molecule has 0 atom stereocenters. The number of hydrogen-bond acceptors (Lipinski definition) is 4. The highest BCUT2D eigenvalue weighted by Gasteiger charge is 2.28. The van der Waals surface area contributed by atoms with Gasteiger partial charge in [-0.3, -0.25) is 10.1 Å². The number of nitrogens with two attached hydrogens (primary N) is 1. The summed E-state index contributed by atoms with van der Waals surface area (Å²) in [4.78, 5) is 13.0. The molecule has 8 heteroatoms. The molecule has 0 spiro atoms. The van der Waals surface area contributed by atoms with E-state index in [0.717, 1.165) is 6.20 Å². The first-order valence-electron chi connectivity index (χ1n) is 3.31. The summed E-state index contributed by atoms with van der Waals surface area (Å²) in [6, 6.07) is 0. The Morgan fingerprint density at radius 2 is 2.21 bits per heavy atom. The van der Waals surface area contributed by atoms with Crippen molar-refractivity contribution in [1.29, 1.82) is 0 Å². The van der Waals surface area contributed by atoms with Crippen LogP contribution in [0.1, 0.15) is 12.0 Å². The highest BCUT2D eigenvalue weighted by molar-refractivity contribution is 14.1. The molecule has 0 aliphatic rings. The predicted molar refractivity (Wildman–Crippen MR) is 53.0 cm³/mol. The van der Waals surface area contributed by atoms with E-state index in [-0.39, 0.29) is 3.57 Å². The summed E-state index contributed by atoms with van der Waals surface area (Å²) in [6.45, 7) is 0. The molecule has 0 aliphatic heterocycles. The Morgan fingerprint density at radius 3 is 2.57 bits per heavy atom. The van der Waals surface area contributed by atoms with Crippen molar-refractivity contribution in [2.45, 2.75) is 6.43 Å². The zero-order chi connectivity index (χ0) is 10.9. The lowest BCUT2D eigenvalue weighted by Crippen LogP contribution is -2.05. The van der Waals surface area contributed by atoms with Gasteiger partial charge < -0.3 is 5.73 Å². The minimum Gasteiger partial charge on any atom is -0.383 e. The molecule has 76 valence electrons. The van der Waals surface area contributed by atoms with Gasteiger partial charge in [0.1, 0.15) is 15.0 Å². The maximum atomic E-state index is 12.4. The maximum Gasteiger partial charge on any atom is 0.296 e. The first-order chi connectivity index (χ1) is 6.45. The summed E-state index contributed by atoms with van der Waals surface area (Å²) in [7, 11) is 0. The number of hydrogen-bond donors (Lipinski definition) is 1. The van der Waals surface area contributed by atoms with Crippen molar-refractivity contribution >= 4 is 34.1 Å². The van der Waals surface area contributed by atoms with E-state index in [9.17, 15) is 18.9 Å². The molecule has 1 aromatic heterocycles. The Morgan fingerprint density at radius 1 is 1.64 bits per heavy atom. The topological polar surface area (TPSA) is 82.0 Å². The molecule has 0 saturated heterocycles. The van der Waals surface area contributed by atoms with Crippen molar-refractivity contribution in [2.75, 3.05) is 5.73 Å². The van der Waals surface area contributed by atoms with Crippen molar-refractivity contribution in [3.63, 3.8) is 0 Å². The summed E-state index contributed by atoms with van der Waals surface area (Å²) in [5, 5.41) is 10.5. The number of anilines is 1. The lowest BCUT2D eigenvalue weighted by molar-refractivity contribution is -0.387. The lowest BCUT2D eigenvalue weighted by Gasteiger charge is -2.05. The van der Waals surface area contributed by atoms with Crippen LogP contribution in [0.5, 0.6) is 0 Å². The van der Waals surface area contributed by atoms with Gasteiger partial charge in [-0.05, 0) is 22.6 Å². The molecule has 0 bridgehead atoms. The van der Waals surface area contributed by atoms with Crippen molar-refractivity contribution in [3.05, 3.63) is 25.4 Å². The Labute approximate surface area is 90.6 Å². The highest BCUT2D eigenvalue weighted by atomic mass is 127. The Kier molecular flexibility index (Phi) is 3.13. The average Bonchev–Trinajstić information content (AvgIpc) is 2.07. The summed E-state index contributed by atoms with van der Waals surface area (Å²) in [5.74, 6) is -0.507. The minimum atomic E-state index is -3.00. The number of alkyl halides is 2. The quantitative estimate of drug-likeness (QED) is 0.515. The first-order valence-corrected chi connectivity index (χ1v) is 4.39. The van der Waals surface area contributed by atoms with E-state index in [1.807, 2.05) is 0 Å². The molecule has 2 N–H and O–H groups in total. The first kappa shape index (κ1) is 11.0. The molecule has 14 heavy (non-hydrogen) atoms. The molecular weight excluding hydrogens is 311 g/mol. The van der Waals surface area contributed by atoms with E-state index in [1.165, 1.54) is 0 Å². The average molecular weight is 315 g/mol. The van der Waals surface area contributed by atoms with E-state index in [4.69, 9.17) is 5.73 Å². The van der Waals surface area contributed by atoms with Crippen LogP contribution in [-0.2, 0) is 0 Å². The van der Waals surface area contributed by atoms with Crippen LogP contribution in [0.15, 0.2) is 6.20 Å². The van der Waals surface area contributed by atoms with Crippen molar-refractivity contribution in [1.82, 2.24) is 4.98 Å². The fourth-order valence-electron chi connectivity index (χ4n) is 0.908. The van der Waals surface area contributed by atoms with Crippen LogP contribution in [0, 0.1) is 13.7 Å². The molecule has 5 nitrogen and oxygen atoms in total. The smallest absolute Gasteiger partial charge is 0.296 e. The fourth-order valence-corrected chi connectivity index (χ4v) is 1.53. The van der Waals surface area contributed by atoms with Gasteiger partial charge >= 0.3 is 0 Å². The second-order valence-corrected chi connectivity index (χ2v) is 3.47. The third-order valence-corrected chi connectivity index (χ3v) is 2.26. The standard InChI is InChI=1S/C6H4F2IN3O2/c7-5(8)3-4(12(13)14)2(9)1-11-6(3)10/h1,5H,(H2,10,11). The Balaban J connectivity index is 3.50. The number of halogens is 3. The van der Waals surface area contributed by atoms with Gasteiger partial charge in [-0.1, -0.05) is 0 Å². The van der Waals surface area contributed by atoms with E-state index in [1.54, 1.807) is 22.6 Å². The zero-order valence-electron chi connectivity index (χ0n) is 6.58. The maximum absolute atomic E-state index is 12.4. The lowest BCUT2D eigenvalue weighted by atomic mass is 10.2. The molecule has 0 radical (unpaired) electrons. The summed E-state index contributed by atoms with van der Waals surface area (Å²) in [6.07, 6.45) is -1.92. The number of rotatable bonds is 2. The SMILES string of the molecule is Nc1ncc(I)c([N+](=O)[O-])c1C(F)F. The molecule has 1 rings (SSSR count). The van der Waals surface area contributed by atoms with Gasteiger partial charge in [0.25, 0.3) is 12.1 Å². The van der Waals surface area contributed by atoms with Crippen LogP contribution in [0.2, 0.25) is 0 Å². The van der Waals surface area contributed by atoms with Crippen molar-refractivity contribution in [2.24, 2.45) is 0 Å². The largest absolute Gasteiger partial charge is 0.383 e. The molecule has 0 aliphatic carbocycles. The number of nitro groups is 1. The fraction of sp³-hybridized carbons (Fsp3) is 0.167. The van der Waals surface area contributed by atoms with Crippen LogP contribution in [0.3, 0.4) is 0 Å². The van der Waals surface area contributed by atoms with Gasteiger partial charge in [0.05, 0.1) is 4.92 Å². The number of nitrogen functional groups attached to an aromatic ring is 1. The molecule has 0 saturated carbocycles. The van der Waals surface area contributed by atoms with Crippen LogP contribution < -0.4 is 5.73 Å². The molecule has 1 heterocycles. The van der Waals surface area contributed by atoms with Gasteiger partial charge in [0, 0.05) is 6.20 Å². The van der Waals surface area contributed by atoms with E-state index in [2.05, 4.69) is 4.98 Å². The van der Waals surface area contributed by atoms with Gasteiger partial charge in [0.2, 0.25) is 0 Å². The normalized spacial score (nSPS) is 10.6. The summed E-state index contributed by atoms with van der Waals surface area (Å²) >= 11 is 1.56. The second-order valence-electron chi connectivity index (χ2n) is 2.31. The van der Waals surface area contributed by atoms with Crippen LogP contribution in [0.4, 0.5) is 20.3 Å².